The maximum atomic E-state index is 12.1. The SMILES string of the molecule is CC(C)(C)c1cc(NC(=O)c2ccc(C(N)=O)cc2)n[nH]1. The van der Waals surface area contributed by atoms with Crippen LogP contribution in [-0.2, 0) is 5.41 Å². The van der Waals surface area contributed by atoms with Gasteiger partial charge in [0.2, 0.25) is 5.91 Å². The molecule has 0 saturated carbocycles. The van der Waals surface area contributed by atoms with Gasteiger partial charge in [0.05, 0.1) is 0 Å². The molecule has 1 heterocycles. The highest BCUT2D eigenvalue weighted by atomic mass is 16.2. The molecule has 6 heteroatoms. The number of benzene rings is 1. The first-order valence-corrected chi connectivity index (χ1v) is 6.54. The molecule has 0 saturated heterocycles. The number of rotatable bonds is 3. The standard InChI is InChI=1S/C15H18N4O2/c1-15(2,3)11-8-12(19-18-11)17-14(21)10-6-4-9(5-7-10)13(16)20/h4-8H,1-3H3,(H2,16,20)(H2,17,18,19,21). The molecule has 1 aromatic carbocycles. The van der Waals surface area contributed by atoms with Gasteiger partial charge >= 0.3 is 0 Å². The number of amides is 2. The number of hydrogen-bond acceptors (Lipinski definition) is 3. The second-order valence-electron chi connectivity index (χ2n) is 5.81. The molecule has 0 radical (unpaired) electrons. The molecular weight excluding hydrogens is 268 g/mol. The van der Waals surface area contributed by atoms with Gasteiger partial charge in [-0.25, -0.2) is 0 Å². The fourth-order valence-electron chi connectivity index (χ4n) is 1.74. The Morgan fingerprint density at radius 2 is 1.71 bits per heavy atom. The van der Waals surface area contributed by atoms with E-state index in [4.69, 9.17) is 5.73 Å². The first kappa shape index (κ1) is 14.8. The van der Waals surface area contributed by atoms with Gasteiger partial charge < -0.3 is 11.1 Å². The molecule has 2 aromatic rings. The summed E-state index contributed by atoms with van der Waals surface area (Å²) >= 11 is 0. The van der Waals surface area contributed by atoms with Gasteiger partial charge in [0.15, 0.2) is 5.82 Å². The summed E-state index contributed by atoms with van der Waals surface area (Å²) in [5.41, 5.74) is 6.81. The smallest absolute Gasteiger partial charge is 0.256 e. The van der Waals surface area contributed by atoms with Crippen LogP contribution in [-0.4, -0.2) is 22.0 Å². The quantitative estimate of drug-likeness (QED) is 0.805. The lowest BCUT2D eigenvalue weighted by molar-refractivity contribution is 0.0995. The van der Waals surface area contributed by atoms with Crippen LogP contribution < -0.4 is 11.1 Å². The summed E-state index contributed by atoms with van der Waals surface area (Å²) < 4.78 is 0. The number of primary amides is 1. The lowest BCUT2D eigenvalue weighted by Crippen LogP contribution is -2.14. The number of aromatic nitrogens is 2. The van der Waals surface area contributed by atoms with Crippen molar-refractivity contribution < 1.29 is 9.59 Å². The zero-order valence-corrected chi connectivity index (χ0v) is 12.2. The molecule has 0 aliphatic rings. The lowest BCUT2D eigenvalue weighted by Gasteiger charge is -2.14. The van der Waals surface area contributed by atoms with Crippen molar-refractivity contribution in [2.75, 3.05) is 5.32 Å². The lowest BCUT2D eigenvalue weighted by atomic mass is 9.92. The van der Waals surface area contributed by atoms with Crippen molar-refractivity contribution in [3.05, 3.63) is 47.2 Å². The number of carbonyl (C=O) groups is 2. The highest BCUT2D eigenvalue weighted by Crippen LogP contribution is 2.22. The van der Waals surface area contributed by atoms with Crippen molar-refractivity contribution in [2.45, 2.75) is 26.2 Å². The van der Waals surface area contributed by atoms with Gasteiger partial charge in [-0.15, -0.1) is 0 Å². The average molecular weight is 286 g/mol. The van der Waals surface area contributed by atoms with E-state index < -0.39 is 5.91 Å². The number of nitrogens with one attached hydrogen (secondary N) is 2. The number of H-pyrrole nitrogens is 1. The monoisotopic (exact) mass is 286 g/mol. The van der Waals surface area contributed by atoms with Gasteiger partial charge in [-0.05, 0) is 24.3 Å². The minimum atomic E-state index is -0.524. The number of nitrogens with two attached hydrogens (primary N) is 1. The second kappa shape index (κ2) is 5.40. The van der Waals surface area contributed by atoms with E-state index in [0.717, 1.165) is 5.69 Å². The number of nitrogens with zero attached hydrogens (tertiary/aromatic N) is 1. The summed E-state index contributed by atoms with van der Waals surface area (Å²) in [4.78, 5) is 23.1. The van der Waals surface area contributed by atoms with E-state index in [9.17, 15) is 9.59 Å². The molecule has 0 spiro atoms. The van der Waals surface area contributed by atoms with Gasteiger partial charge in [-0.2, -0.15) is 5.10 Å². The number of anilines is 1. The molecule has 1 aromatic heterocycles. The van der Waals surface area contributed by atoms with E-state index in [-0.39, 0.29) is 11.3 Å². The van der Waals surface area contributed by atoms with Gasteiger partial charge in [0.1, 0.15) is 0 Å². The molecule has 0 bridgehead atoms. The van der Waals surface area contributed by atoms with Gasteiger partial charge in [0.25, 0.3) is 5.91 Å². The molecule has 0 unspecified atom stereocenters. The van der Waals surface area contributed by atoms with Crippen molar-refractivity contribution in [1.29, 1.82) is 0 Å². The topological polar surface area (TPSA) is 101 Å². The fourth-order valence-corrected chi connectivity index (χ4v) is 1.74. The molecule has 2 amide bonds. The molecule has 6 nitrogen and oxygen atoms in total. The second-order valence-corrected chi connectivity index (χ2v) is 5.81. The van der Waals surface area contributed by atoms with Crippen LogP contribution in [0.4, 0.5) is 5.82 Å². The molecule has 0 atom stereocenters. The Balaban J connectivity index is 2.11. The van der Waals surface area contributed by atoms with Crippen LogP contribution in [0.15, 0.2) is 30.3 Å². The number of aromatic amines is 1. The third-order valence-electron chi connectivity index (χ3n) is 3.06. The van der Waals surface area contributed by atoms with Gasteiger partial charge in [-0.1, -0.05) is 20.8 Å². The zero-order valence-electron chi connectivity index (χ0n) is 12.2. The van der Waals surface area contributed by atoms with Crippen molar-refractivity contribution in [3.8, 4) is 0 Å². The molecule has 110 valence electrons. The number of carbonyl (C=O) groups excluding carboxylic acids is 2. The van der Waals surface area contributed by atoms with E-state index in [0.29, 0.717) is 16.9 Å². The molecule has 4 N–H and O–H groups in total. The normalized spacial score (nSPS) is 11.2. The zero-order chi connectivity index (χ0) is 15.6. The average Bonchev–Trinajstić information content (AvgIpc) is 2.87. The predicted molar refractivity (Wildman–Crippen MR) is 80.2 cm³/mol. The predicted octanol–water partition coefficient (Wildman–Crippen LogP) is 2.06. The van der Waals surface area contributed by atoms with Crippen LogP contribution in [0.5, 0.6) is 0 Å². The van der Waals surface area contributed by atoms with Crippen molar-refractivity contribution in [3.63, 3.8) is 0 Å². The van der Waals surface area contributed by atoms with E-state index in [1.807, 2.05) is 0 Å². The van der Waals surface area contributed by atoms with E-state index in [1.165, 1.54) is 12.1 Å². The van der Waals surface area contributed by atoms with Crippen LogP contribution in [0.2, 0.25) is 0 Å². The van der Waals surface area contributed by atoms with E-state index in [1.54, 1.807) is 18.2 Å². The third-order valence-corrected chi connectivity index (χ3v) is 3.06. The summed E-state index contributed by atoms with van der Waals surface area (Å²) in [6.45, 7) is 6.15. The van der Waals surface area contributed by atoms with E-state index >= 15 is 0 Å². The maximum Gasteiger partial charge on any atom is 0.256 e. The Hall–Kier alpha value is -2.63. The van der Waals surface area contributed by atoms with Gasteiger partial charge in [0, 0.05) is 28.3 Å². The van der Waals surface area contributed by atoms with Crippen LogP contribution in [0, 0.1) is 0 Å². The first-order valence-electron chi connectivity index (χ1n) is 6.54. The van der Waals surface area contributed by atoms with Crippen LogP contribution in [0.1, 0.15) is 47.2 Å². The summed E-state index contributed by atoms with van der Waals surface area (Å²) in [7, 11) is 0. The maximum absolute atomic E-state index is 12.1. The Labute approximate surface area is 122 Å². The van der Waals surface area contributed by atoms with Crippen molar-refractivity contribution in [2.24, 2.45) is 5.73 Å². The van der Waals surface area contributed by atoms with E-state index in [2.05, 4.69) is 36.3 Å². The summed E-state index contributed by atoms with van der Waals surface area (Å²) in [5, 5.41) is 9.67. The third kappa shape index (κ3) is 3.47. The van der Waals surface area contributed by atoms with Gasteiger partial charge in [-0.3, -0.25) is 14.7 Å². The Morgan fingerprint density at radius 1 is 1.14 bits per heavy atom. The molecule has 0 aliphatic carbocycles. The molecule has 0 aliphatic heterocycles. The molecule has 2 rings (SSSR count). The van der Waals surface area contributed by atoms with Crippen molar-refractivity contribution in [1.82, 2.24) is 10.2 Å². The minimum absolute atomic E-state index is 0.0703. The number of hydrogen-bond donors (Lipinski definition) is 3. The molecule has 21 heavy (non-hydrogen) atoms. The van der Waals surface area contributed by atoms with Crippen LogP contribution >= 0.6 is 0 Å². The Kier molecular flexibility index (Phi) is 3.80. The van der Waals surface area contributed by atoms with Crippen molar-refractivity contribution >= 4 is 17.6 Å². The highest BCUT2D eigenvalue weighted by Gasteiger charge is 2.17. The van der Waals surface area contributed by atoms with Crippen LogP contribution in [0.3, 0.4) is 0 Å². The fraction of sp³-hybridized carbons (Fsp3) is 0.267. The Bertz CT molecular complexity index is 666. The highest BCUT2D eigenvalue weighted by molar-refractivity contribution is 6.04. The van der Waals surface area contributed by atoms with Crippen LogP contribution in [0.25, 0.3) is 0 Å². The summed E-state index contributed by atoms with van der Waals surface area (Å²) in [6.07, 6.45) is 0. The molecule has 0 fully saturated rings. The minimum Gasteiger partial charge on any atom is -0.366 e. The summed E-state index contributed by atoms with van der Waals surface area (Å²) in [5.74, 6) is -0.356. The Morgan fingerprint density at radius 3 is 2.19 bits per heavy atom. The molecular formula is C15H18N4O2. The largest absolute Gasteiger partial charge is 0.366 e. The summed E-state index contributed by atoms with van der Waals surface area (Å²) in [6, 6.07) is 7.93. The first-order chi connectivity index (χ1) is 9.77.